The van der Waals surface area contributed by atoms with Crippen LogP contribution >= 0.6 is 0 Å². The highest BCUT2D eigenvalue weighted by Gasteiger charge is 2.38. The van der Waals surface area contributed by atoms with Gasteiger partial charge in [-0.3, -0.25) is 4.79 Å². The molecule has 28 heavy (non-hydrogen) atoms. The fourth-order valence-corrected chi connectivity index (χ4v) is 4.25. The summed E-state index contributed by atoms with van der Waals surface area (Å²) < 4.78 is 6.39. The Kier molecular flexibility index (Phi) is 9.62. The summed E-state index contributed by atoms with van der Waals surface area (Å²) in [4.78, 5) is 13.1. The molecule has 1 aliphatic carbocycles. The molecule has 0 bridgehead atoms. The highest BCUT2D eigenvalue weighted by atomic mass is 28.4. The Morgan fingerprint density at radius 3 is 2.21 bits per heavy atom. The molecule has 0 aromatic carbocycles. The second-order valence-electron chi connectivity index (χ2n) is 10.4. The van der Waals surface area contributed by atoms with Crippen LogP contribution in [0.1, 0.15) is 86.5 Å². The average Bonchev–Trinajstić information content (AvgIpc) is 2.56. The largest absolute Gasteiger partial charge is 0.417 e. The number of ketones is 1. The van der Waals surface area contributed by atoms with Gasteiger partial charge in [0.05, 0.1) is 0 Å². The van der Waals surface area contributed by atoms with Gasteiger partial charge in [0.1, 0.15) is 0 Å². The predicted molar refractivity (Wildman–Crippen MR) is 125 cm³/mol. The van der Waals surface area contributed by atoms with Gasteiger partial charge in [-0.1, -0.05) is 57.1 Å². The van der Waals surface area contributed by atoms with Gasteiger partial charge in [0.25, 0.3) is 0 Å². The van der Waals surface area contributed by atoms with Crippen molar-refractivity contribution < 1.29 is 9.22 Å². The third-order valence-corrected chi connectivity index (χ3v) is 11.3. The van der Waals surface area contributed by atoms with E-state index < -0.39 is 8.32 Å². The molecule has 0 saturated heterocycles. The van der Waals surface area contributed by atoms with Crippen LogP contribution in [-0.2, 0) is 9.22 Å². The first-order valence-corrected chi connectivity index (χ1v) is 13.9. The minimum Gasteiger partial charge on any atom is -0.417 e. The van der Waals surface area contributed by atoms with Crippen LogP contribution < -0.4 is 0 Å². The molecule has 0 aliphatic heterocycles. The van der Waals surface area contributed by atoms with E-state index in [1.165, 1.54) is 11.1 Å². The van der Waals surface area contributed by atoms with Gasteiger partial charge in [-0.15, -0.1) is 0 Å². The molecule has 0 amide bonds. The second kappa shape index (κ2) is 10.7. The minimum absolute atomic E-state index is 0.201. The summed E-state index contributed by atoms with van der Waals surface area (Å²) in [5, 5.41) is 0.201. The Hall–Kier alpha value is -0.933. The molecule has 1 rings (SSSR count). The molecule has 3 heteroatoms. The summed E-state index contributed by atoms with van der Waals surface area (Å²) in [6, 6.07) is 0. The van der Waals surface area contributed by atoms with Gasteiger partial charge in [0, 0.05) is 12.0 Å². The summed E-state index contributed by atoms with van der Waals surface area (Å²) in [6.45, 7) is 18.6. The van der Waals surface area contributed by atoms with Gasteiger partial charge in [-0.25, -0.2) is 0 Å². The van der Waals surface area contributed by atoms with Crippen molar-refractivity contribution in [3.63, 3.8) is 0 Å². The molecule has 0 N–H and O–H groups in total. The maximum Gasteiger partial charge on any atom is 0.191 e. The number of carbonyl (C=O) groups is 1. The normalized spacial score (nSPS) is 28.6. The van der Waals surface area contributed by atoms with Crippen LogP contribution in [0.25, 0.3) is 0 Å². The van der Waals surface area contributed by atoms with E-state index in [1.807, 2.05) is 6.08 Å². The molecule has 160 valence electrons. The molecular formula is C25H44O2Si. The summed E-state index contributed by atoms with van der Waals surface area (Å²) in [7, 11) is -1.78. The Bertz CT molecular complexity index is 605. The zero-order valence-electron chi connectivity index (χ0n) is 19.8. The van der Waals surface area contributed by atoms with Crippen LogP contribution in [0, 0.1) is 5.41 Å². The van der Waals surface area contributed by atoms with Crippen molar-refractivity contribution in [1.82, 2.24) is 0 Å². The third-order valence-electron chi connectivity index (χ3n) is 6.71. The smallest absolute Gasteiger partial charge is 0.191 e. The number of carbonyl (C=O) groups excluding carboxylic acids is 1. The van der Waals surface area contributed by atoms with Crippen molar-refractivity contribution in [2.75, 3.05) is 6.61 Å². The Labute approximate surface area is 175 Å². The Morgan fingerprint density at radius 2 is 1.61 bits per heavy atom. The summed E-state index contributed by atoms with van der Waals surface area (Å²) in [5.41, 5.74) is 2.52. The maximum atomic E-state index is 13.1. The van der Waals surface area contributed by atoms with Crippen molar-refractivity contribution in [1.29, 1.82) is 0 Å². The lowest BCUT2D eigenvalue weighted by Crippen LogP contribution is -2.42. The lowest BCUT2D eigenvalue weighted by Gasteiger charge is -2.37. The first-order chi connectivity index (χ1) is 12.9. The zero-order chi connectivity index (χ0) is 21.4. The van der Waals surface area contributed by atoms with Crippen molar-refractivity contribution in [3.8, 4) is 0 Å². The molecule has 0 heterocycles. The summed E-state index contributed by atoms with van der Waals surface area (Å²) >= 11 is 0. The van der Waals surface area contributed by atoms with Crippen LogP contribution in [0.2, 0.25) is 18.1 Å². The fourth-order valence-electron chi connectivity index (χ4n) is 3.21. The van der Waals surface area contributed by atoms with Gasteiger partial charge in [-0.05, 0) is 83.0 Å². The van der Waals surface area contributed by atoms with Crippen molar-refractivity contribution >= 4 is 14.1 Å². The lowest BCUT2D eigenvalue weighted by molar-refractivity contribution is -0.124. The molecule has 1 unspecified atom stereocenters. The van der Waals surface area contributed by atoms with Crippen LogP contribution in [0.15, 0.2) is 35.5 Å². The van der Waals surface area contributed by atoms with E-state index >= 15 is 0 Å². The second-order valence-corrected chi connectivity index (χ2v) is 15.2. The van der Waals surface area contributed by atoms with Gasteiger partial charge < -0.3 is 4.43 Å². The third kappa shape index (κ3) is 8.20. The SMILES string of the molecule is C/C1=C\CC/C(C)=C/CCC(C)(CCO[Si](C)(C)C(C)(C)C)C(=O)/C=C/CC1. The molecule has 0 aromatic heterocycles. The van der Waals surface area contributed by atoms with E-state index in [9.17, 15) is 4.79 Å². The van der Waals surface area contributed by atoms with Crippen LogP contribution in [-0.4, -0.2) is 20.7 Å². The van der Waals surface area contributed by atoms with Crippen molar-refractivity contribution in [2.24, 2.45) is 5.41 Å². The maximum absolute atomic E-state index is 13.1. The van der Waals surface area contributed by atoms with Gasteiger partial charge in [0.15, 0.2) is 14.1 Å². The highest BCUT2D eigenvalue weighted by molar-refractivity contribution is 6.74. The van der Waals surface area contributed by atoms with E-state index in [4.69, 9.17) is 4.43 Å². The topological polar surface area (TPSA) is 26.3 Å². The molecule has 1 aliphatic rings. The molecule has 0 radical (unpaired) electrons. The average molecular weight is 405 g/mol. The van der Waals surface area contributed by atoms with Crippen molar-refractivity contribution in [2.45, 2.75) is 105 Å². The van der Waals surface area contributed by atoms with E-state index in [1.54, 1.807) is 0 Å². The summed E-state index contributed by atoms with van der Waals surface area (Å²) in [5.74, 6) is 0.260. The van der Waals surface area contributed by atoms with Crippen molar-refractivity contribution in [3.05, 3.63) is 35.5 Å². The highest BCUT2D eigenvalue weighted by Crippen LogP contribution is 2.38. The van der Waals surface area contributed by atoms with Gasteiger partial charge in [0.2, 0.25) is 0 Å². The predicted octanol–water partition coefficient (Wildman–Crippen LogP) is 7.78. The first-order valence-electron chi connectivity index (χ1n) is 11.0. The molecule has 0 saturated carbocycles. The summed E-state index contributed by atoms with van der Waals surface area (Å²) in [6.07, 6.45) is 15.5. The first kappa shape index (κ1) is 25.1. The van der Waals surface area contributed by atoms with E-state index in [0.717, 1.165) is 44.9 Å². The minimum atomic E-state index is -1.78. The van der Waals surface area contributed by atoms with Gasteiger partial charge in [-0.2, -0.15) is 0 Å². The van der Waals surface area contributed by atoms with E-state index in [0.29, 0.717) is 6.61 Å². The number of hydrogen-bond donors (Lipinski definition) is 0. The quantitative estimate of drug-likeness (QED) is 0.353. The Balaban J connectivity index is 2.88. The van der Waals surface area contributed by atoms with Gasteiger partial charge >= 0.3 is 0 Å². The lowest BCUT2D eigenvalue weighted by atomic mass is 9.78. The van der Waals surface area contributed by atoms with Crippen LogP contribution in [0.4, 0.5) is 0 Å². The molecular weight excluding hydrogens is 360 g/mol. The molecule has 0 aromatic rings. The Morgan fingerprint density at radius 1 is 1.04 bits per heavy atom. The van der Waals surface area contributed by atoms with Crippen LogP contribution in [0.3, 0.4) is 0 Å². The van der Waals surface area contributed by atoms with E-state index in [2.05, 4.69) is 72.9 Å². The molecule has 1 atom stereocenters. The van der Waals surface area contributed by atoms with Crippen LogP contribution in [0.5, 0.6) is 0 Å². The molecule has 0 fully saturated rings. The fraction of sp³-hybridized carbons (Fsp3) is 0.720. The standard InChI is InChI=1S/C25H44O2Si/c1-21-13-9-10-17-23(26)25(6,18-12-16-22(2)15-11-14-21)19-20-27-28(7,8)24(3,4)5/h10,14,16-17H,9,11-13,15,18-20H2,1-8H3/b17-10+,21-14+,22-16+. The molecule has 2 nitrogen and oxygen atoms in total. The number of hydrogen-bond acceptors (Lipinski definition) is 2. The monoisotopic (exact) mass is 404 g/mol. The zero-order valence-corrected chi connectivity index (χ0v) is 20.8. The van der Waals surface area contributed by atoms with E-state index in [-0.39, 0.29) is 16.2 Å². The molecule has 0 spiro atoms. The number of allylic oxidation sites excluding steroid dienone is 6. The number of rotatable bonds is 4.